The first-order valence-electron chi connectivity index (χ1n) is 6.72. The first-order valence-corrected chi connectivity index (χ1v) is 9.06. The number of para-hydroxylation sites is 1. The van der Waals surface area contributed by atoms with Crippen LogP contribution in [0.5, 0.6) is 0 Å². The van der Waals surface area contributed by atoms with E-state index in [4.69, 9.17) is 9.56 Å². The molecule has 7 nitrogen and oxygen atoms in total. The van der Waals surface area contributed by atoms with E-state index in [0.29, 0.717) is 5.58 Å². The van der Waals surface area contributed by atoms with Crippen LogP contribution in [0.2, 0.25) is 0 Å². The van der Waals surface area contributed by atoms with Crippen molar-refractivity contribution in [2.75, 3.05) is 10.6 Å². The van der Waals surface area contributed by atoms with Gasteiger partial charge in [0.2, 0.25) is 15.9 Å². The molecule has 1 heterocycles. The molecule has 1 aromatic heterocycles. The van der Waals surface area contributed by atoms with E-state index in [1.165, 1.54) is 18.2 Å². The normalized spacial score (nSPS) is 11.4. The standard InChI is InChI=1S/C15H12BrN3O4S/c16-10-5-6-12-9(7-10)8-14(23-12)19-15(20)18-11-3-1-2-4-13(11)24(17,21)22/h1-8H,(H2,17,21,22)(H2,18,19,20). The molecule has 3 aromatic rings. The van der Waals surface area contributed by atoms with Gasteiger partial charge in [-0.2, -0.15) is 0 Å². The second-order valence-electron chi connectivity index (χ2n) is 4.91. The minimum Gasteiger partial charge on any atom is -0.440 e. The molecular formula is C15H12BrN3O4S. The van der Waals surface area contributed by atoms with Crippen LogP contribution in [0.15, 0.2) is 62.3 Å². The molecule has 24 heavy (non-hydrogen) atoms. The number of primary sulfonamides is 1. The van der Waals surface area contributed by atoms with Crippen molar-refractivity contribution in [1.29, 1.82) is 0 Å². The summed E-state index contributed by atoms with van der Waals surface area (Å²) in [5.41, 5.74) is 0.690. The van der Waals surface area contributed by atoms with Crippen molar-refractivity contribution in [2.45, 2.75) is 4.90 Å². The number of sulfonamides is 1. The predicted molar refractivity (Wildman–Crippen MR) is 94.4 cm³/mol. The Morgan fingerprint density at radius 2 is 1.83 bits per heavy atom. The number of carbonyl (C=O) groups excluding carboxylic acids is 1. The van der Waals surface area contributed by atoms with Crippen LogP contribution in [0.25, 0.3) is 11.0 Å². The van der Waals surface area contributed by atoms with Crippen molar-refractivity contribution in [2.24, 2.45) is 5.14 Å². The quantitative estimate of drug-likeness (QED) is 0.613. The highest BCUT2D eigenvalue weighted by Gasteiger charge is 2.15. The van der Waals surface area contributed by atoms with Gasteiger partial charge in [-0.3, -0.25) is 5.32 Å². The molecule has 0 saturated heterocycles. The van der Waals surface area contributed by atoms with Crippen LogP contribution >= 0.6 is 15.9 Å². The first-order chi connectivity index (χ1) is 11.3. The minimum atomic E-state index is -3.95. The number of carbonyl (C=O) groups is 1. The fraction of sp³-hybridized carbons (Fsp3) is 0. The lowest BCUT2D eigenvalue weighted by atomic mass is 10.3. The van der Waals surface area contributed by atoms with Crippen molar-refractivity contribution >= 4 is 54.5 Å². The van der Waals surface area contributed by atoms with Crippen molar-refractivity contribution < 1.29 is 17.6 Å². The maximum absolute atomic E-state index is 12.1. The molecule has 0 aliphatic carbocycles. The number of nitrogens with two attached hydrogens (primary N) is 1. The van der Waals surface area contributed by atoms with Gasteiger partial charge in [0.15, 0.2) is 0 Å². The predicted octanol–water partition coefficient (Wildman–Crippen LogP) is 3.49. The lowest BCUT2D eigenvalue weighted by Crippen LogP contribution is -2.22. The fourth-order valence-electron chi connectivity index (χ4n) is 2.16. The lowest BCUT2D eigenvalue weighted by molar-refractivity contribution is 0.261. The van der Waals surface area contributed by atoms with E-state index >= 15 is 0 Å². The number of hydrogen-bond donors (Lipinski definition) is 3. The molecule has 0 atom stereocenters. The Morgan fingerprint density at radius 3 is 2.58 bits per heavy atom. The summed E-state index contributed by atoms with van der Waals surface area (Å²) in [4.78, 5) is 11.9. The zero-order valence-corrected chi connectivity index (χ0v) is 14.5. The number of benzene rings is 2. The Bertz CT molecular complexity index is 1030. The summed E-state index contributed by atoms with van der Waals surface area (Å²) >= 11 is 3.35. The number of urea groups is 1. The summed E-state index contributed by atoms with van der Waals surface area (Å²) in [7, 11) is -3.95. The third kappa shape index (κ3) is 3.58. The number of nitrogens with one attached hydrogen (secondary N) is 2. The van der Waals surface area contributed by atoms with Gasteiger partial charge in [-0.15, -0.1) is 0 Å². The SMILES string of the molecule is NS(=O)(=O)c1ccccc1NC(=O)Nc1cc2cc(Br)ccc2o1. The summed E-state index contributed by atoms with van der Waals surface area (Å²) in [6, 6.07) is 12.3. The monoisotopic (exact) mass is 409 g/mol. The summed E-state index contributed by atoms with van der Waals surface area (Å²) < 4.78 is 29.4. The van der Waals surface area contributed by atoms with Gasteiger partial charge in [0.05, 0.1) is 5.69 Å². The van der Waals surface area contributed by atoms with Gasteiger partial charge in [0.25, 0.3) is 0 Å². The van der Waals surface area contributed by atoms with Gasteiger partial charge in [-0.25, -0.2) is 18.4 Å². The molecule has 0 saturated carbocycles. The van der Waals surface area contributed by atoms with E-state index in [1.807, 2.05) is 12.1 Å². The van der Waals surface area contributed by atoms with Crippen LogP contribution in [0.4, 0.5) is 16.4 Å². The number of hydrogen-bond acceptors (Lipinski definition) is 4. The second kappa shape index (κ2) is 6.27. The molecule has 2 aromatic carbocycles. The van der Waals surface area contributed by atoms with Crippen LogP contribution in [-0.2, 0) is 10.0 Å². The van der Waals surface area contributed by atoms with E-state index in [9.17, 15) is 13.2 Å². The molecule has 4 N–H and O–H groups in total. The number of fused-ring (bicyclic) bond motifs is 1. The van der Waals surface area contributed by atoms with E-state index in [-0.39, 0.29) is 16.5 Å². The van der Waals surface area contributed by atoms with Crippen LogP contribution in [0.1, 0.15) is 0 Å². The molecule has 124 valence electrons. The van der Waals surface area contributed by atoms with Gasteiger partial charge >= 0.3 is 6.03 Å². The first kappa shape index (κ1) is 16.5. The van der Waals surface area contributed by atoms with E-state index in [1.54, 1.807) is 18.2 Å². The molecule has 0 radical (unpaired) electrons. The van der Waals surface area contributed by atoms with E-state index in [0.717, 1.165) is 9.86 Å². The molecule has 0 fully saturated rings. The number of amides is 2. The number of halogens is 1. The average molecular weight is 410 g/mol. The Balaban J connectivity index is 1.81. The average Bonchev–Trinajstić information content (AvgIpc) is 2.87. The molecule has 3 rings (SSSR count). The molecule has 0 unspecified atom stereocenters. The molecule has 0 aliphatic heterocycles. The van der Waals surface area contributed by atoms with Crippen molar-refractivity contribution in [1.82, 2.24) is 0 Å². The summed E-state index contributed by atoms with van der Waals surface area (Å²) in [6.07, 6.45) is 0. The van der Waals surface area contributed by atoms with E-state index in [2.05, 4.69) is 26.6 Å². The maximum atomic E-state index is 12.1. The highest BCUT2D eigenvalue weighted by Crippen LogP contribution is 2.26. The summed E-state index contributed by atoms with van der Waals surface area (Å²) in [5, 5.41) is 10.9. The highest BCUT2D eigenvalue weighted by atomic mass is 79.9. The Kier molecular flexibility index (Phi) is 4.31. The van der Waals surface area contributed by atoms with Crippen molar-refractivity contribution in [3.63, 3.8) is 0 Å². The summed E-state index contributed by atoms with van der Waals surface area (Å²) in [5.74, 6) is 0.230. The second-order valence-corrected chi connectivity index (χ2v) is 7.36. The molecule has 9 heteroatoms. The molecule has 0 aliphatic rings. The minimum absolute atomic E-state index is 0.0800. The van der Waals surface area contributed by atoms with Crippen LogP contribution < -0.4 is 15.8 Å². The maximum Gasteiger partial charge on any atom is 0.326 e. The Hall–Kier alpha value is -2.36. The van der Waals surface area contributed by atoms with Crippen molar-refractivity contribution in [3.05, 3.63) is 53.0 Å². The Labute approximate surface area is 146 Å². The number of furan rings is 1. The molecular weight excluding hydrogens is 398 g/mol. The topological polar surface area (TPSA) is 114 Å². The zero-order chi connectivity index (χ0) is 17.3. The van der Waals surface area contributed by atoms with Gasteiger partial charge in [0.1, 0.15) is 10.5 Å². The largest absolute Gasteiger partial charge is 0.440 e. The number of rotatable bonds is 3. The highest BCUT2D eigenvalue weighted by molar-refractivity contribution is 9.10. The van der Waals surface area contributed by atoms with E-state index < -0.39 is 16.1 Å². The zero-order valence-electron chi connectivity index (χ0n) is 12.1. The fourth-order valence-corrected chi connectivity index (χ4v) is 3.23. The number of anilines is 2. The van der Waals surface area contributed by atoms with Gasteiger partial charge in [-0.1, -0.05) is 28.1 Å². The third-order valence-electron chi connectivity index (χ3n) is 3.16. The lowest BCUT2D eigenvalue weighted by Gasteiger charge is -2.09. The van der Waals surface area contributed by atoms with Gasteiger partial charge in [0, 0.05) is 15.9 Å². The summed E-state index contributed by atoms with van der Waals surface area (Å²) in [6.45, 7) is 0. The van der Waals surface area contributed by atoms with Crippen molar-refractivity contribution in [3.8, 4) is 0 Å². The van der Waals surface area contributed by atoms with Gasteiger partial charge < -0.3 is 9.73 Å². The van der Waals surface area contributed by atoms with Gasteiger partial charge in [-0.05, 0) is 30.3 Å². The third-order valence-corrected chi connectivity index (χ3v) is 4.62. The van der Waals surface area contributed by atoms with Crippen LogP contribution in [-0.4, -0.2) is 14.4 Å². The van der Waals surface area contributed by atoms with Crippen LogP contribution in [0, 0.1) is 0 Å². The van der Waals surface area contributed by atoms with Crippen LogP contribution in [0.3, 0.4) is 0 Å². The molecule has 0 spiro atoms. The molecule has 2 amide bonds. The smallest absolute Gasteiger partial charge is 0.326 e. The molecule has 0 bridgehead atoms. The Morgan fingerprint density at radius 1 is 1.08 bits per heavy atom.